The number of nitrogens with zero attached hydrogens (tertiary/aromatic N) is 4. The fourth-order valence-electron chi connectivity index (χ4n) is 1.87. The number of hydrogen-bond acceptors (Lipinski definition) is 5. The lowest BCUT2D eigenvalue weighted by Crippen LogP contribution is -1.93. The van der Waals surface area contributed by atoms with Crippen LogP contribution in [0.25, 0.3) is 22.9 Å². The third-order valence-electron chi connectivity index (χ3n) is 2.86. The van der Waals surface area contributed by atoms with Gasteiger partial charge in [0.2, 0.25) is 0 Å². The molecule has 5 nitrogen and oxygen atoms in total. The Labute approximate surface area is 114 Å². The Hall–Kier alpha value is -2.63. The van der Waals surface area contributed by atoms with Gasteiger partial charge in [-0.2, -0.15) is 0 Å². The molecule has 2 aromatic heterocycles. The van der Waals surface area contributed by atoms with E-state index in [9.17, 15) is 4.39 Å². The first-order valence-corrected chi connectivity index (χ1v) is 6.04. The lowest BCUT2D eigenvalue weighted by molar-refractivity contribution is 0.569. The number of halogens is 1. The van der Waals surface area contributed by atoms with E-state index < -0.39 is 5.82 Å². The molecular weight excluding hydrogens is 259 g/mol. The van der Waals surface area contributed by atoms with Gasteiger partial charge in [-0.15, -0.1) is 10.2 Å². The lowest BCUT2D eigenvalue weighted by atomic mass is 10.2. The van der Waals surface area contributed by atoms with E-state index in [-0.39, 0.29) is 17.3 Å². The standard InChI is InChI=1S/C14H11FN4O/c1-8-11(7-16-9(2)17-8)14-19-18-13(20-14)10-5-3-4-6-12(10)15/h3-7H,1-2H3. The minimum Gasteiger partial charge on any atom is -0.416 e. The second kappa shape index (κ2) is 4.80. The number of aryl methyl sites for hydroxylation is 2. The van der Waals surface area contributed by atoms with Crippen molar-refractivity contribution in [2.24, 2.45) is 0 Å². The van der Waals surface area contributed by atoms with Crippen molar-refractivity contribution in [1.82, 2.24) is 20.2 Å². The van der Waals surface area contributed by atoms with Crippen molar-refractivity contribution in [3.8, 4) is 22.9 Å². The molecular formula is C14H11FN4O. The first-order valence-electron chi connectivity index (χ1n) is 6.04. The average Bonchev–Trinajstić information content (AvgIpc) is 2.88. The molecule has 0 fully saturated rings. The van der Waals surface area contributed by atoms with E-state index in [4.69, 9.17) is 4.42 Å². The molecule has 0 saturated heterocycles. The lowest BCUT2D eigenvalue weighted by Gasteiger charge is -2.00. The largest absolute Gasteiger partial charge is 0.416 e. The molecule has 0 bridgehead atoms. The Kier molecular flexibility index (Phi) is 2.98. The highest BCUT2D eigenvalue weighted by atomic mass is 19.1. The van der Waals surface area contributed by atoms with E-state index in [2.05, 4.69) is 20.2 Å². The topological polar surface area (TPSA) is 64.7 Å². The van der Waals surface area contributed by atoms with Gasteiger partial charge >= 0.3 is 0 Å². The molecule has 0 unspecified atom stereocenters. The van der Waals surface area contributed by atoms with Gasteiger partial charge in [0.1, 0.15) is 11.6 Å². The Morgan fingerprint density at radius 1 is 1.00 bits per heavy atom. The predicted molar refractivity (Wildman–Crippen MR) is 70.2 cm³/mol. The number of rotatable bonds is 2. The van der Waals surface area contributed by atoms with Gasteiger partial charge in [0.05, 0.1) is 16.8 Å². The van der Waals surface area contributed by atoms with Crippen LogP contribution in [-0.2, 0) is 0 Å². The number of benzene rings is 1. The Balaban J connectivity index is 2.04. The molecule has 100 valence electrons. The van der Waals surface area contributed by atoms with Crippen LogP contribution < -0.4 is 0 Å². The minimum absolute atomic E-state index is 0.137. The summed E-state index contributed by atoms with van der Waals surface area (Å²) in [4.78, 5) is 8.34. The first-order chi connectivity index (χ1) is 9.65. The summed E-state index contributed by atoms with van der Waals surface area (Å²) >= 11 is 0. The van der Waals surface area contributed by atoms with Crippen molar-refractivity contribution in [3.63, 3.8) is 0 Å². The maximum Gasteiger partial charge on any atom is 0.251 e. The summed E-state index contributed by atoms with van der Waals surface area (Å²) in [7, 11) is 0. The second-order valence-corrected chi connectivity index (χ2v) is 4.31. The molecule has 0 aliphatic heterocycles. The molecule has 2 heterocycles. The molecule has 6 heteroatoms. The van der Waals surface area contributed by atoms with E-state index in [0.717, 1.165) is 5.69 Å². The van der Waals surface area contributed by atoms with Gasteiger partial charge < -0.3 is 4.42 Å². The molecule has 0 amide bonds. The van der Waals surface area contributed by atoms with Crippen LogP contribution in [0.1, 0.15) is 11.5 Å². The van der Waals surface area contributed by atoms with Gasteiger partial charge in [-0.25, -0.2) is 14.4 Å². The van der Waals surface area contributed by atoms with Crippen LogP contribution in [-0.4, -0.2) is 20.2 Å². The molecule has 1 aromatic carbocycles. The molecule has 0 saturated carbocycles. The number of hydrogen-bond donors (Lipinski definition) is 0. The molecule has 20 heavy (non-hydrogen) atoms. The van der Waals surface area contributed by atoms with Gasteiger partial charge in [-0.05, 0) is 26.0 Å². The SMILES string of the molecule is Cc1ncc(-c2nnc(-c3ccccc3F)o2)c(C)n1. The summed E-state index contributed by atoms with van der Waals surface area (Å²) < 4.78 is 19.2. The summed E-state index contributed by atoms with van der Waals surface area (Å²) in [5.41, 5.74) is 1.66. The second-order valence-electron chi connectivity index (χ2n) is 4.31. The van der Waals surface area contributed by atoms with Crippen LogP contribution in [0.3, 0.4) is 0 Å². The van der Waals surface area contributed by atoms with Crippen molar-refractivity contribution < 1.29 is 8.81 Å². The zero-order valence-electron chi connectivity index (χ0n) is 11.0. The van der Waals surface area contributed by atoms with Crippen molar-refractivity contribution in [2.75, 3.05) is 0 Å². The smallest absolute Gasteiger partial charge is 0.251 e. The third kappa shape index (κ3) is 2.16. The summed E-state index contributed by atoms with van der Waals surface area (Å²) in [6.07, 6.45) is 1.62. The Bertz CT molecular complexity index is 769. The maximum atomic E-state index is 13.7. The van der Waals surface area contributed by atoms with E-state index in [1.807, 2.05) is 6.92 Å². The van der Waals surface area contributed by atoms with Gasteiger partial charge in [0.15, 0.2) is 0 Å². The first kappa shape index (κ1) is 12.4. The highest BCUT2D eigenvalue weighted by molar-refractivity contribution is 5.59. The molecule has 0 atom stereocenters. The van der Waals surface area contributed by atoms with Gasteiger partial charge in [-0.1, -0.05) is 12.1 Å². The Morgan fingerprint density at radius 2 is 1.70 bits per heavy atom. The molecule has 3 rings (SSSR count). The van der Waals surface area contributed by atoms with E-state index in [1.165, 1.54) is 6.07 Å². The summed E-state index contributed by atoms with van der Waals surface area (Å²) in [5.74, 6) is 0.679. The molecule has 0 spiro atoms. The molecule has 0 aliphatic rings. The molecule has 3 aromatic rings. The normalized spacial score (nSPS) is 10.8. The van der Waals surface area contributed by atoms with Crippen LogP contribution in [0.5, 0.6) is 0 Å². The minimum atomic E-state index is -0.403. The van der Waals surface area contributed by atoms with E-state index in [1.54, 1.807) is 31.3 Å². The molecule has 0 radical (unpaired) electrons. The van der Waals surface area contributed by atoms with Crippen molar-refractivity contribution in [3.05, 3.63) is 47.8 Å². The quantitative estimate of drug-likeness (QED) is 0.716. The Morgan fingerprint density at radius 3 is 2.40 bits per heavy atom. The zero-order valence-corrected chi connectivity index (χ0v) is 11.0. The summed E-state index contributed by atoms with van der Waals surface area (Å²) in [6.45, 7) is 3.63. The predicted octanol–water partition coefficient (Wildman–Crippen LogP) is 2.95. The number of aromatic nitrogens is 4. The van der Waals surface area contributed by atoms with E-state index >= 15 is 0 Å². The van der Waals surface area contributed by atoms with Gasteiger partial charge in [0.25, 0.3) is 11.8 Å². The molecule has 0 aliphatic carbocycles. The third-order valence-corrected chi connectivity index (χ3v) is 2.86. The van der Waals surface area contributed by atoms with Crippen molar-refractivity contribution in [2.45, 2.75) is 13.8 Å². The maximum absolute atomic E-state index is 13.7. The fourth-order valence-corrected chi connectivity index (χ4v) is 1.87. The van der Waals surface area contributed by atoms with Crippen LogP contribution in [0.2, 0.25) is 0 Å². The average molecular weight is 270 g/mol. The highest BCUT2D eigenvalue weighted by Gasteiger charge is 2.15. The van der Waals surface area contributed by atoms with Crippen molar-refractivity contribution in [1.29, 1.82) is 0 Å². The highest BCUT2D eigenvalue weighted by Crippen LogP contribution is 2.26. The summed E-state index contributed by atoms with van der Waals surface area (Å²) in [5, 5.41) is 7.81. The van der Waals surface area contributed by atoms with Crippen LogP contribution >= 0.6 is 0 Å². The van der Waals surface area contributed by atoms with Gasteiger partial charge in [-0.3, -0.25) is 0 Å². The molecule has 0 N–H and O–H groups in total. The van der Waals surface area contributed by atoms with Crippen LogP contribution in [0.15, 0.2) is 34.9 Å². The van der Waals surface area contributed by atoms with Crippen molar-refractivity contribution >= 4 is 0 Å². The van der Waals surface area contributed by atoms with E-state index in [0.29, 0.717) is 11.4 Å². The van der Waals surface area contributed by atoms with Crippen LogP contribution in [0, 0.1) is 19.7 Å². The summed E-state index contributed by atoms with van der Waals surface area (Å²) in [6, 6.07) is 6.25. The fraction of sp³-hybridized carbons (Fsp3) is 0.143. The van der Waals surface area contributed by atoms with Crippen LogP contribution in [0.4, 0.5) is 4.39 Å². The zero-order chi connectivity index (χ0) is 14.1. The van der Waals surface area contributed by atoms with Gasteiger partial charge in [0, 0.05) is 6.20 Å². The monoisotopic (exact) mass is 270 g/mol.